The number of aryl methyl sites for hydroxylation is 2. The van der Waals surface area contributed by atoms with Crippen LogP contribution in [-0.2, 0) is 16.1 Å². The van der Waals surface area contributed by atoms with Crippen LogP contribution in [0.4, 0.5) is 5.69 Å². The first-order valence-corrected chi connectivity index (χ1v) is 12.2. The van der Waals surface area contributed by atoms with Crippen LogP contribution in [0.3, 0.4) is 0 Å². The number of H-pyrrole nitrogens is 1. The van der Waals surface area contributed by atoms with Gasteiger partial charge in [0.15, 0.2) is 11.5 Å². The van der Waals surface area contributed by atoms with Gasteiger partial charge in [0.1, 0.15) is 5.60 Å². The maximum Gasteiger partial charge on any atom is 0.349 e. The maximum atomic E-state index is 12.4. The summed E-state index contributed by atoms with van der Waals surface area (Å²) in [5.74, 6) is -0.202. The Bertz CT molecular complexity index is 1260. The topological polar surface area (TPSA) is 159 Å². The van der Waals surface area contributed by atoms with Crippen molar-refractivity contribution in [2.24, 2.45) is 0 Å². The molecule has 4 N–H and O–H groups in total. The zero-order chi connectivity index (χ0) is 27.0. The van der Waals surface area contributed by atoms with E-state index in [1.54, 1.807) is 10.6 Å². The number of hydrogen-bond donors (Lipinski definition) is 4. The molecule has 0 spiro atoms. The van der Waals surface area contributed by atoms with Gasteiger partial charge in [-0.2, -0.15) is 4.98 Å². The zero-order valence-corrected chi connectivity index (χ0v) is 21.8. The van der Waals surface area contributed by atoms with Crippen molar-refractivity contribution in [3.05, 3.63) is 38.5 Å². The van der Waals surface area contributed by atoms with Gasteiger partial charge in [-0.3, -0.25) is 14.6 Å². The van der Waals surface area contributed by atoms with Gasteiger partial charge in [-0.15, -0.1) is 0 Å². The average molecular weight is 504 g/mol. The maximum absolute atomic E-state index is 12.4. The monoisotopic (exact) mass is 503 g/mol. The van der Waals surface area contributed by atoms with Crippen molar-refractivity contribution >= 4 is 22.7 Å². The minimum absolute atomic E-state index is 0.0220. The van der Waals surface area contributed by atoms with Gasteiger partial charge < -0.3 is 24.8 Å². The normalized spacial score (nSPS) is 12.2. The van der Waals surface area contributed by atoms with E-state index in [1.165, 1.54) is 0 Å². The predicted molar refractivity (Wildman–Crippen MR) is 138 cm³/mol. The molecule has 2 heterocycles. The molecule has 2 aliphatic rings. The largest absolute Gasteiger partial charge is 0.460 e. The second-order valence-electron chi connectivity index (χ2n) is 9.18. The third-order valence-electron chi connectivity index (χ3n) is 5.17. The summed E-state index contributed by atoms with van der Waals surface area (Å²) in [6.45, 7) is 11.7. The number of nitrogens with zero attached hydrogens (tertiary/aromatic N) is 3. The van der Waals surface area contributed by atoms with Gasteiger partial charge in [0.25, 0.3) is 5.56 Å². The van der Waals surface area contributed by atoms with Crippen LogP contribution in [0.15, 0.2) is 21.7 Å². The number of aliphatic hydroxyl groups is 2. The lowest BCUT2D eigenvalue weighted by atomic mass is 10.1. The van der Waals surface area contributed by atoms with E-state index in [0.29, 0.717) is 17.6 Å². The Labute approximate surface area is 209 Å². The molecule has 11 heteroatoms. The number of aliphatic hydroxyl groups excluding tert-OH is 2. The molecule has 3 rings (SSSR count). The Morgan fingerprint density at radius 3 is 2.53 bits per heavy atom. The number of hydrogen-bond acceptors (Lipinski definition) is 9. The van der Waals surface area contributed by atoms with E-state index in [0.717, 1.165) is 11.3 Å². The molecule has 0 aliphatic carbocycles. The molecule has 0 saturated heterocycles. The van der Waals surface area contributed by atoms with E-state index in [4.69, 9.17) is 9.84 Å². The smallest absolute Gasteiger partial charge is 0.349 e. The Balaban J connectivity index is 0.00000222. The van der Waals surface area contributed by atoms with Crippen LogP contribution in [0.25, 0.3) is 22.6 Å². The van der Waals surface area contributed by atoms with Crippen molar-refractivity contribution < 1.29 is 19.7 Å². The van der Waals surface area contributed by atoms with Crippen LogP contribution in [0.1, 0.15) is 59.4 Å². The number of carbonyl (C=O) groups is 1. The number of benzene rings is 1. The quantitative estimate of drug-likeness (QED) is 0.253. The van der Waals surface area contributed by atoms with E-state index in [-0.39, 0.29) is 49.9 Å². The number of nitrogens with one attached hydrogen (secondary N) is 2. The zero-order valence-electron chi connectivity index (χ0n) is 21.8. The summed E-state index contributed by atoms with van der Waals surface area (Å²) in [6.07, 6.45) is -0.105. The summed E-state index contributed by atoms with van der Waals surface area (Å²) in [6, 6.07) is 3.62. The third kappa shape index (κ3) is 7.59. The fraction of sp³-hybridized carbons (Fsp3) is 0.560. The van der Waals surface area contributed by atoms with Crippen LogP contribution in [0.2, 0.25) is 0 Å². The van der Waals surface area contributed by atoms with Crippen LogP contribution in [0.5, 0.6) is 0 Å². The van der Waals surface area contributed by atoms with Crippen LogP contribution in [-0.4, -0.2) is 60.6 Å². The van der Waals surface area contributed by atoms with Crippen molar-refractivity contribution in [3.63, 3.8) is 0 Å². The summed E-state index contributed by atoms with van der Waals surface area (Å²) in [5.41, 5.74) is 0.755. The van der Waals surface area contributed by atoms with E-state index in [2.05, 4.69) is 20.3 Å². The molecule has 2 aliphatic heterocycles. The van der Waals surface area contributed by atoms with E-state index < -0.39 is 23.0 Å². The number of fused-ring (bicyclic) bond motifs is 2. The van der Waals surface area contributed by atoms with Crippen LogP contribution < -0.4 is 16.6 Å². The lowest BCUT2D eigenvalue weighted by Crippen LogP contribution is -2.29. The molecule has 36 heavy (non-hydrogen) atoms. The lowest BCUT2D eigenvalue weighted by Gasteiger charge is -2.21. The SMILES string of the molecule is CC.Cc1cc2nc3c(=O)[nH]c(=O)nc-3n(CC[C@H](O)CCO)c2cc1NCCC(=O)OC(C)(C)C. The molecule has 1 aromatic carbocycles. The highest BCUT2D eigenvalue weighted by molar-refractivity contribution is 5.84. The number of ether oxygens (including phenoxy) is 1. The van der Waals surface area contributed by atoms with E-state index in [1.807, 2.05) is 47.6 Å². The molecular weight excluding hydrogens is 466 g/mol. The van der Waals surface area contributed by atoms with Gasteiger partial charge in [-0.25, -0.2) is 9.78 Å². The molecule has 0 bridgehead atoms. The molecule has 198 valence electrons. The summed E-state index contributed by atoms with van der Waals surface area (Å²) >= 11 is 0. The van der Waals surface area contributed by atoms with Gasteiger partial charge in [0, 0.05) is 25.4 Å². The predicted octanol–water partition coefficient (Wildman–Crippen LogP) is 2.20. The molecule has 11 nitrogen and oxygen atoms in total. The fourth-order valence-electron chi connectivity index (χ4n) is 3.63. The van der Waals surface area contributed by atoms with E-state index >= 15 is 0 Å². The first kappa shape index (κ1) is 28.9. The first-order valence-electron chi connectivity index (χ1n) is 12.2. The molecule has 0 unspecified atom stereocenters. The fourth-order valence-corrected chi connectivity index (χ4v) is 3.63. The number of carbonyl (C=O) groups excluding carboxylic acids is 1. The van der Waals surface area contributed by atoms with Gasteiger partial charge in [0.05, 0.1) is 23.6 Å². The summed E-state index contributed by atoms with van der Waals surface area (Å²) in [4.78, 5) is 46.8. The van der Waals surface area contributed by atoms with Crippen molar-refractivity contribution in [3.8, 4) is 11.5 Å². The van der Waals surface area contributed by atoms with Gasteiger partial charge in [-0.05, 0) is 58.2 Å². The number of aromatic amines is 1. The highest BCUT2D eigenvalue weighted by Crippen LogP contribution is 2.27. The van der Waals surface area contributed by atoms with Gasteiger partial charge >= 0.3 is 11.7 Å². The lowest BCUT2D eigenvalue weighted by molar-refractivity contribution is -0.154. The summed E-state index contributed by atoms with van der Waals surface area (Å²) in [7, 11) is 0. The molecule has 0 fully saturated rings. The van der Waals surface area contributed by atoms with Crippen molar-refractivity contribution in [2.45, 2.75) is 79.1 Å². The molecular formula is C25H37N5O6. The number of aromatic nitrogens is 4. The molecule has 0 amide bonds. The van der Waals surface area contributed by atoms with Gasteiger partial charge in [-0.1, -0.05) is 13.8 Å². The van der Waals surface area contributed by atoms with Crippen molar-refractivity contribution in [1.82, 2.24) is 19.5 Å². The van der Waals surface area contributed by atoms with E-state index in [9.17, 15) is 19.5 Å². The number of anilines is 1. The number of esters is 1. The number of rotatable bonds is 9. The summed E-state index contributed by atoms with van der Waals surface area (Å²) < 4.78 is 7.01. The molecule has 0 radical (unpaired) electrons. The highest BCUT2D eigenvalue weighted by Gasteiger charge is 2.21. The third-order valence-corrected chi connectivity index (χ3v) is 5.17. The molecule has 0 saturated carbocycles. The van der Waals surface area contributed by atoms with Crippen molar-refractivity contribution in [2.75, 3.05) is 18.5 Å². The molecule has 1 atom stereocenters. The minimum Gasteiger partial charge on any atom is -0.460 e. The average Bonchev–Trinajstić information content (AvgIpc) is 2.78. The standard InChI is InChI=1S/C23H31N5O6.C2H6/c1-13-11-16-17(12-15(13)24-8-5-18(31)34-23(2,3)4)28(9-6-14(30)7-10-29)20-19(25-16)21(32)27-22(33)26-20;1-2/h11-12,14,24,29-30H,5-10H2,1-4H3,(H,27,32,33);1-2H3/t14-;/m0./s1. The Kier molecular flexibility index (Phi) is 10.1. The Morgan fingerprint density at radius 2 is 1.89 bits per heavy atom. The highest BCUT2D eigenvalue weighted by atomic mass is 16.6. The molecule has 0 aromatic heterocycles. The van der Waals surface area contributed by atoms with Gasteiger partial charge in [0.2, 0.25) is 0 Å². The van der Waals surface area contributed by atoms with Crippen molar-refractivity contribution in [1.29, 1.82) is 0 Å². The first-order chi connectivity index (χ1) is 17.0. The van der Waals surface area contributed by atoms with Crippen LogP contribution in [0, 0.1) is 6.92 Å². The second kappa shape index (κ2) is 12.6. The minimum atomic E-state index is -0.786. The molecule has 1 aromatic rings. The summed E-state index contributed by atoms with van der Waals surface area (Å²) in [5, 5.41) is 22.4. The Morgan fingerprint density at radius 1 is 1.19 bits per heavy atom. The second-order valence-corrected chi connectivity index (χ2v) is 9.18. The Hall–Kier alpha value is -3.31. The van der Waals surface area contributed by atoms with Crippen LogP contribution >= 0.6 is 0 Å².